The van der Waals surface area contributed by atoms with E-state index in [9.17, 15) is 0 Å². The first-order valence-corrected chi connectivity index (χ1v) is 22.5. The molecule has 0 bridgehead atoms. The zero-order valence-corrected chi connectivity index (χ0v) is 30.4. The summed E-state index contributed by atoms with van der Waals surface area (Å²) in [6.45, 7) is 0. The molecule has 5 heteroatoms. The molecule has 5 aromatic carbocycles. The molecule has 0 N–H and O–H groups in total. The van der Waals surface area contributed by atoms with Crippen LogP contribution in [0, 0.1) is 12.1 Å². The quantitative estimate of drug-likeness (QED) is 0.131. The van der Waals surface area contributed by atoms with Crippen LogP contribution >= 0.6 is 0 Å². The first kappa shape index (κ1) is 31.6. The van der Waals surface area contributed by atoms with Crippen LogP contribution < -0.4 is 4.40 Å². The van der Waals surface area contributed by atoms with E-state index in [-0.39, 0.29) is 20.1 Å². The SMILES string of the molecule is [CH3][Ge]([CH3])([CH3])[c]1ccc(-c2[c-]cccc2)nc1.[Ir].[c-]1ccc2c(oc3c(-c4ccccc4)cccc32)c1-c1cc2ccccc2cn1. The number of benzene rings is 5. The number of aromatic nitrogens is 2. The van der Waals surface area contributed by atoms with Crippen LogP contribution in [0.25, 0.3) is 66.4 Å². The molecule has 0 unspecified atom stereocenters. The minimum atomic E-state index is -1.72. The van der Waals surface area contributed by atoms with Gasteiger partial charge in [0.1, 0.15) is 5.58 Å². The van der Waals surface area contributed by atoms with Gasteiger partial charge in [-0.1, -0.05) is 89.8 Å². The first-order valence-electron chi connectivity index (χ1n) is 15.2. The molecule has 8 aromatic rings. The van der Waals surface area contributed by atoms with Gasteiger partial charge in [0.05, 0.1) is 5.58 Å². The molecule has 0 amide bonds. The van der Waals surface area contributed by atoms with Crippen molar-refractivity contribution in [1.82, 2.24) is 9.97 Å². The van der Waals surface area contributed by atoms with Crippen molar-refractivity contribution < 1.29 is 24.5 Å². The average molecular weight is 834 g/mol. The third kappa shape index (κ3) is 6.47. The van der Waals surface area contributed by atoms with Crippen molar-refractivity contribution in [3.8, 4) is 33.6 Å². The summed E-state index contributed by atoms with van der Waals surface area (Å²) >= 11 is -1.72. The fourth-order valence-corrected chi connectivity index (χ4v) is 7.74. The van der Waals surface area contributed by atoms with Gasteiger partial charge in [-0.3, -0.25) is 0 Å². The van der Waals surface area contributed by atoms with Gasteiger partial charge >= 0.3 is 99.8 Å². The van der Waals surface area contributed by atoms with Crippen molar-refractivity contribution in [2.45, 2.75) is 17.3 Å². The Balaban J connectivity index is 0.000000187. The number of hydrogen-bond acceptors (Lipinski definition) is 3. The Morgan fingerprint density at radius 3 is 2.07 bits per heavy atom. The van der Waals surface area contributed by atoms with Crippen molar-refractivity contribution >= 4 is 50.4 Å². The van der Waals surface area contributed by atoms with Gasteiger partial charge in [-0.2, -0.15) is 0 Å². The number of fused-ring (bicyclic) bond motifs is 4. The van der Waals surface area contributed by atoms with Gasteiger partial charge in [0.25, 0.3) is 0 Å². The monoisotopic (exact) mass is 835 g/mol. The average Bonchev–Trinajstić information content (AvgIpc) is 3.48. The number of pyridine rings is 2. The Bertz CT molecular complexity index is 2240. The Hall–Kier alpha value is -4.35. The Kier molecular flexibility index (Phi) is 9.32. The van der Waals surface area contributed by atoms with Gasteiger partial charge in [0, 0.05) is 37.3 Å². The molecule has 0 spiro atoms. The predicted octanol–water partition coefficient (Wildman–Crippen LogP) is 10.4. The smallest absolute Gasteiger partial charge is 0.128 e. The predicted molar refractivity (Wildman–Crippen MR) is 190 cm³/mol. The third-order valence-electron chi connectivity index (χ3n) is 8.05. The normalized spacial score (nSPS) is 11.2. The van der Waals surface area contributed by atoms with Crippen molar-refractivity contribution in [1.29, 1.82) is 0 Å². The van der Waals surface area contributed by atoms with Crippen LogP contribution in [-0.4, -0.2) is 23.2 Å². The molecule has 3 aromatic heterocycles. The molecule has 227 valence electrons. The summed E-state index contributed by atoms with van der Waals surface area (Å²) in [5, 5.41) is 4.47. The van der Waals surface area contributed by atoms with Gasteiger partial charge in [0.15, 0.2) is 0 Å². The Morgan fingerprint density at radius 2 is 1.33 bits per heavy atom. The maximum Gasteiger partial charge on any atom is 0.128 e. The number of furan rings is 1. The molecular weight excluding hydrogens is 801 g/mol. The van der Waals surface area contributed by atoms with Crippen LogP contribution in [0.15, 0.2) is 144 Å². The van der Waals surface area contributed by atoms with E-state index in [4.69, 9.17) is 4.42 Å². The van der Waals surface area contributed by atoms with Gasteiger partial charge in [-0.15, -0.1) is 18.2 Å². The fourth-order valence-electron chi connectivity index (χ4n) is 5.57. The molecule has 0 atom stereocenters. The second-order valence-corrected chi connectivity index (χ2v) is 22.8. The van der Waals surface area contributed by atoms with Crippen LogP contribution in [-0.2, 0) is 20.1 Å². The Labute approximate surface area is 286 Å². The van der Waals surface area contributed by atoms with Gasteiger partial charge in [-0.25, -0.2) is 0 Å². The van der Waals surface area contributed by atoms with E-state index in [1.54, 1.807) is 0 Å². The molecule has 0 saturated heterocycles. The second-order valence-electron chi connectivity index (χ2n) is 12.1. The van der Waals surface area contributed by atoms with Gasteiger partial charge < -0.3 is 9.40 Å². The molecular formula is C41H32GeIrN2O-2. The summed E-state index contributed by atoms with van der Waals surface area (Å²) in [5.74, 6) is 7.14. The van der Waals surface area contributed by atoms with Crippen LogP contribution in [0.2, 0.25) is 17.3 Å². The van der Waals surface area contributed by atoms with Gasteiger partial charge in [-0.05, 0) is 22.0 Å². The van der Waals surface area contributed by atoms with E-state index in [1.807, 2.05) is 60.9 Å². The molecule has 1 radical (unpaired) electrons. The zero-order valence-electron chi connectivity index (χ0n) is 25.9. The minimum absolute atomic E-state index is 0. The second kappa shape index (κ2) is 13.6. The summed E-state index contributed by atoms with van der Waals surface area (Å²) in [7, 11) is 0. The van der Waals surface area contributed by atoms with Crippen LogP contribution in [0.4, 0.5) is 0 Å². The third-order valence-corrected chi connectivity index (χ3v) is 12.3. The molecule has 0 aliphatic carbocycles. The minimum Gasteiger partial charge on any atom is -0.500 e. The molecule has 3 heterocycles. The number of rotatable bonds is 4. The summed E-state index contributed by atoms with van der Waals surface area (Å²) in [4.78, 5) is 9.22. The standard InChI is InChI=1S/C27H16NO.C14H16GeN.Ir/c1-2-8-18(9-3-1)21-12-6-13-22-23-14-7-15-24(27(23)29-26(21)22)25-16-19-10-4-5-11-20(19)17-28-25;1-15(2,3)13-9-10-14(16-11-13)12-7-5-4-6-8-12;/h1-14,16-17H;4-7,9-11H,1-3H3;/q2*-1;. The molecule has 46 heavy (non-hydrogen) atoms. The zero-order chi connectivity index (χ0) is 30.8. The summed E-state index contributed by atoms with van der Waals surface area (Å²) in [6, 6.07) is 49.9. The number of nitrogens with zero attached hydrogens (tertiary/aromatic N) is 2. The van der Waals surface area contributed by atoms with Crippen molar-refractivity contribution in [3.63, 3.8) is 0 Å². The maximum absolute atomic E-state index is 6.46. The summed E-state index contributed by atoms with van der Waals surface area (Å²) < 4.78 is 7.91. The van der Waals surface area contributed by atoms with Gasteiger partial charge in [0.2, 0.25) is 0 Å². The van der Waals surface area contributed by atoms with Crippen molar-refractivity contribution in [2.24, 2.45) is 0 Å². The van der Waals surface area contributed by atoms with E-state index >= 15 is 0 Å². The van der Waals surface area contributed by atoms with E-state index in [0.29, 0.717) is 0 Å². The van der Waals surface area contributed by atoms with Crippen LogP contribution in [0.5, 0.6) is 0 Å². The number of hydrogen-bond donors (Lipinski definition) is 0. The maximum atomic E-state index is 6.46. The molecule has 0 aliphatic heterocycles. The molecule has 8 rings (SSSR count). The largest absolute Gasteiger partial charge is 0.500 e. The van der Waals surface area contributed by atoms with Crippen LogP contribution in [0.3, 0.4) is 0 Å². The molecule has 0 fully saturated rings. The van der Waals surface area contributed by atoms with E-state index < -0.39 is 13.3 Å². The van der Waals surface area contributed by atoms with Crippen LogP contribution in [0.1, 0.15) is 0 Å². The van der Waals surface area contributed by atoms with E-state index in [1.165, 1.54) is 4.40 Å². The number of para-hydroxylation sites is 1. The summed E-state index contributed by atoms with van der Waals surface area (Å²) in [6.07, 6.45) is 3.95. The fraction of sp³-hybridized carbons (Fsp3) is 0.0732. The van der Waals surface area contributed by atoms with Crippen molar-refractivity contribution in [3.05, 3.63) is 152 Å². The Morgan fingerprint density at radius 1 is 0.587 bits per heavy atom. The summed E-state index contributed by atoms with van der Waals surface area (Å²) in [5.41, 5.74) is 7.80. The van der Waals surface area contributed by atoms with Crippen molar-refractivity contribution in [2.75, 3.05) is 0 Å². The van der Waals surface area contributed by atoms with E-state index in [2.05, 4.69) is 118 Å². The van der Waals surface area contributed by atoms with E-state index in [0.717, 1.165) is 66.4 Å². The first-order chi connectivity index (χ1) is 22.0. The topological polar surface area (TPSA) is 38.9 Å². The molecule has 0 aliphatic rings. The molecule has 0 saturated carbocycles. The molecule has 3 nitrogen and oxygen atoms in total.